The molecule has 0 N–H and O–H groups in total. The van der Waals surface area contributed by atoms with Crippen LogP contribution in [0, 0.1) is 16.0 Å². The van der Waals surface area contributed by atoms with Crippen molar-refractivity contribution in [3.05, 3.63) is 33.9 Å². The van der Waals surface area contributed by atoms with E-state index in [0.29, 0.717) is 5.92 Å². The van der Waals surface area contributed by atoms with Gasteiger partial charge in [-0.1, -0.05) is 19.3 Å². The molecule has 0 bridgehead atoms. The van der Waals surface area contributed by atoms with Crippen LogP contribution in [0.15, 0.2) is 18.2 Å². The largest absolute Gasteiger partial charge is 0.545 e. The van der Waals surface area contributed by atoms with Crippen molar-refractivity contribution in [2.24, 2.45) is 5.92 Å². The van der Waals surface area contributed by atoms with E-state index >= 15 is 0 Å². The molecule has 2 fully saturated rings. The van der Waals surface area contributed by atoms with Crippen LogP contribution in [-0.4, -0.2) is 16.5 Å². The molecule has 1 aromatic rings. The number of hydrogen-bond acceptors (Lipinski definition) is 5. The molecule has 130 valence electrons. The van der Waals surface area contributed by atoms with Crippen LogP contribution >= 0.6 is 0 Å². The molecule has 0 radical (unpaired) electrons. The quantitative estimate of drug-likeness (QED) is 0.609. The molecule has 1 aromatic carbocycles. The highest BCUT2D eigenvalue weighted by molar-refractivity contribution is 5.87. The van der Waals surface area contributed by atoms with Gasteiger partial charge in [0.2, 0.25) is 0 Å². The molecular formula is C18H22NO5-. The molecule has 0 atom stereocenters. The third-order valence-electron chi connectivity index (χ3n) is 5.50. The molecular weight excluding hydrogens is 310 g/mol. The number of rotatable bonds is 5. The highest BCUT2D eigenvalue weighted by atomic mass is 16.6. The van der Waals surface area contributed by atoms with Crippen molar-refractivity contribution in [2.45, 2.75) is 63.4 Å². The predicted molar refractivity (Wildman–Crippen MR) is 85.8 cm³/mol. The molecule has 6 nitrogen and oxygen atoms in total. The van der Waals surface area contributed by atoms with Gasteiger partial charge in [0.05, 0.1) is 10.9 Å². The van der Waals surface area contributed by atoms with E-state index in [1.165, 1.54) is 18.2 Å². The minimum Gasteiger partial charge on any atom is -0.545 e. The van der Waals surface area contributed by atoms with Gasteiger partial charge < -0.3 is 14.6 Å². The van der Waals surface area contributed by atoms with E-state index < -0.39 is 16.5 Å². The maximum atomic E-state index is 11.3. The second-order valence-electron chi connectivity index (χ2n) is 6.94. The number of benzene rings is 1. The third-order valence-corrected chi connectivity index (χ3v) is 5.50. The molecule has 2 aliphatic rings. The molecule has 0 saturated heterocycles. The summed E-state index contributed by atoms with van der Waals surface area (Å²) in [6.45, 7) is 0. The standard InChI is InChI=1S/C18H23NO5/c20-17(21)13-8-9-15(19(22)23)16(12-13)24-18(10-4-1-5-11-18)14-6-2-3-7-14/h8-9,12,14H,1-7,10-11H2,(H,20,21)/p-1. The van der Waals surface area contributed by atoms with Gasteiger partial charge in [-0.25, -0.2) is 0 Å². The van der Waals surface area contributed by atoms with Gasteiger partial charge in [-0.05, 0) is 56.6 Å². The molecule has 24 heavy (non-hydrogen) atoms. The first-order valence-corrected chi connectivity index (χ1v) is 8.71. The topological polar surface area (TPSA) is 92.5 Å². The second-order valence-corrected chi connectivity index (χ2v) is 6.94. The van der Waals surface area contributed by atoms with E-state index in [4.69, 9.17) is 4.74 Å². The number of aromatic carboxylic acids is 1. The van der Waals surface area contributed by atoms with Crippen molar-refractivity contribution in [1.29, 1.82) is 0 Å². The highest BCUT2D eigenvalue weighted by Crippen LogP contribution is 2.46. The zero-order valence-electron chi connectivity index (χ0n) is 13.7. The van der Waals surface area contributed by atoms with Crippen LogP contribution in [0.4, 0.5) is 5.69 Å². The molecule has 0 aromatic heterocycles. The fraction of sp³-hybridized carbons (Fsp3) is 0.611. The van der Waals surface area contributed by atoms with Gasteiger partial charge in [-0.2, -0.15) is 0 Å². The Bertz CT molecular complexity index is 630. The van der Waals surface area contributed by atoms with E-state index in [9.17, 15) is 20.0 Å². The summed E-state index contributed by atoms with van der Waals surface area (Å²) in [5.74, 6) is -0.896. The van der Waals surface area contributed by atoms with E-state index in [-0.39, 0.29) is 17.0 Å². The van der Waals surface area contributed by atoms with Gasteiger partial charge in [0.1, 0.15) is 5.60 Å². The lowest BCUT2D eigenvalue weighted by atomic mass is 9.74. The molecule has 0 unspecified atom stereocenters. The number of carbonyl (C=O) groups excluding carboxylic acids is 1. The molecule has 2 saturated carbocycles. The molecule has 0 heterocycles. The number of carboxylic acid groups (broad SMARTS) is 1. The smallest absolute Gasteiger partial charge is 0.310 e. The van der Waals surface area contributed by atoms with Crippen molar-refractivity contribution < 1.29 is 19.6 Å². The normalized spacial score (nSPS) is 20.7. The van der Waals surface area contributed by atoms with Gasteiger partial charge in [-0.3, -0.25) is 10.1 Å². The second kappa shape index (κ2) is 6.79. The lowest BCUT2D eigenvalue weighted by molar-refractivity contribution is -0.386. The van der Waals surface area contributed by atoms with Gasteiger partial charge in [0.25, 0.3) is 0 Å². The lowest BCUT2D eigenvalue weighted by Gasteiger charge is -2.42. The average molecular weight is 332 g/mol. The van der Waals surface area contributed by atoms with E-state index in [1.54, 1.807) is 0 Å². The Morgan fingerprint density at radius 1 is 1.12 bits per heavy atom. The van der Waals surface area contributed by atoms with Crippen molar-refractivity contribution in [2.75, 3.05) is 0 Å². The summed E-state index contributed by atoms with van der Waals surface area (Å²) < 4.78 is 6.28. The van der Waals surface area contributed by atoms with Gasteiger partial charge in [-0.15, -0.1) is 0 Å². The molecule has 0 aliphatic heterocycles. The Balaban J connectivity index is 1.97. The Hall–Kier alpha value is -2.11. The number of nitro benzene ring substituents is 1. The van der Waals surface area contributed by atoms with Gasteiger partial charge in [0, 0.05) is 11.6 Å². The number of nitrogens with zero attached hydrogens (tertiary/aromatic N) is 1. The SMILES string of the molecule is O=C([O-])c1ccc([N+](=O)[O-])c(OC2(C3CCCC3)CCCCC2)c1. The Morgan fingerprint density at radius 2 is 1.79 bits per heavy atom. The number of carbonyl (C=O) groups is 1. The van der Waals surface area contributed by atoms with Gasteiger partial charge in [0.15, 0.2) is 5.75 Å². The fourth-order valence-corrected chi connectivity index (χ4v) is 4.29. The number of hydrogen-bond donors (Lipinski definition) is 0. The molecule has 2 aliphatic carbocycles. The Labute approximate surface area is 141 Å². The first-order chi connectivity index (χ1) is 11.5. The van der Waals surface area contributed by atoms with Crippen LogP contribution in [0.1, 0.15) is 68.1 Å². The van der Waals surface area contributed by atoms with Crippen molar-refractivity contribution in [3.63, 3.8) is 0 Å². The molecule has 3 rings (SSSR count). The molecule has 0 amide bonds. The zero-order chi connectivity index (χ0) is 17.2. The summed E-state index contributed by atoms with van der Waals surface area (Å²) in [6, 6.07) is 3.65. The average Bonchev–Trinajstić information content (AvgIpc) is 3.10. The molecule has 6 heteroatoms. The predicted octanol–water partition coefficient (Wildman–Crippen LogP) is 3.23. The first kappa shape index (κ1) is 16.7. The number of ether oxygens (including phenoxy) is 1. The van der Waals surface area contributed by atoms with Crippen molar-refractivity contribution in [1.82, 2.24) is 0 Å². The maximum absolute atomic E-state index is 11.3. The summed E-state index contributed by atoms with van der Waals surface area (Å²) in [4.78, 5) is 21.9. The van der Waals surface area contributed by atoms with Crippen molar-refractivity contribution >= 4 is 11.7 Å². The highest BCUT2D eigenvalue weighted by Gasteiger charge is 2.44. The van der Waals surface area contributed by atoms with Crippen LogP contribution in [0.2, 0.25) is 0 Å². The van der Waals surface area contributed by atoms with Crippen LogP contribution < -0.4 is 9.84 Å². The first-order valence-electron chi connectivity index (χ1n) is 8.71. The minimum absolute atomic E-state index is 0.0653. The summed E-state index contributed by atoms with van der Waals surface area (Å²) in [6.07, 6.45) is 9.48. The Kier molecular flexibility index (Phi) is 4.73. The van der Waals surface area contributed by atoms with Crippen LogP contribution in [0.5, 0.6) is 5.75 Å². The maximum Gasteiger partial charge on any atom is 0.310 e. The summed E-state index contributed by atoms with van der Waals surface area (Å²) in [5.41, 5.74) is -0.666. The van der Waals surface area contributed by atoms with Crippen LogP contribution in [0.3, 0.4) is 0 Å². The van der Waals surface area contributed by atoms with Crippen LogP contribution in [0.25, 0.3) is 0 Å². The summed E-state index contributed by atoms with van der Waals surface area (Å²) in [7, 11) is 0. The Morgan fingerprint density at radius 3 is 2.38 bits per heavy atom. The summed E-state index contributed by atoms with van der Waals surface area (Å²) in [5, 5.41) is 22.5. The third kappa shape index (κ3) is 3.23. The van der Waals surface area contributed by atoms with E-state index in [0.717, 1.165) is 57.8 Å². The number of nitro groups is 1. The lowest BCUT2D eigenvalue weighted by Crippen LogP contribution is -2.44. The monoisotopic (exact) mass is 332 g/mol. The minimum atomic E-state index is -1.35. The molecule has 0 spiro atoms. The van der Waals surface area contributed by atoms with Crippen molar-refractivity contribution in [3.8, 4) is 5.75 Å². The zero-order valence-corrected chi connectivity index (χ0v) is 13.7. The summed E-state index contributed by atoms with van der Waals surface area (Å²) >= 11 is 0. The van der Waals surface area contributed by atoms with E-state index in [2.05, 4.69) is 0 Å². The number of carboxylic acids is 1. The fourth-order valence-electron chi connectivity index (χ4n) is 4.29. The van der Waals surface area contributed by atoms with E-state index in [1.807, 2.05) is 0 Å². The van der Waals surface area contributed by atoms with Crippen LogP contribution in [-0.2, 0) is 0 Å². The van der Waals surface area contributed by atoms with Gasteiger partial charge >= 0.3 is 5.69 Å².